The van der Waals surface area contributed by atoms with E-state index in [1.807, 2.05) is 4.90 Å². The van der Waals surface area contributed by atoms with E-state index in [0.717, 1.165) is 12.8 Å². The van der Waals surface area contributed by atoms with Gasteiger partial charge < -0.3 is 21.1 Å². The Labute approximate surface area is 188 Å². The van der Waals surface area contributed by atoms with E-state index < -0.39 is 11.6 Å². The van der Waals surface area contributed by atoms with Crippen molar-refractivity contribution in [1.29, 1.82) is 0 Å². The molecule has 2 aromatic heterocycles. The van der Waals surface area contributed by atoms with Gasteiger partial charge in [0.05, 0.1) is 24.0 Å². The monoisotopic (exact) mass is 451 g/mol. The Morgan fingerprint density at radius 2 is 1.88 bits per heavy atom. The highest BCUT2D eigenvalue weighted by Gasteiger charge is 2.39. The molecule has 3 amide bonds. The summed E-state index contributed by atoms with van der Waals surface area (Å²) in [6.45, 7) is 1.10. The van der Waals surface area contributed by atoms with Crippen molar-refractivity contribution in [2.75, 3.05) is 18.4 Å². The maximum Gasteiger partial charge on any atom is 0.316 e. The largest absolute Gasteiger partial charge is 0.388 e. The van der Waals surface area contributed by atoms with Crippen LogP contribution in [0.5, 0.6) is 0 Å². The summed E-state index contributed by atoms with van der Waals surface area (Å²) in [5.41, 5.74) is 5.36. The molecule has 0 radical (unpaired) electrons. The second-order valence-electron chi connectivity index (χ2n) is 8.83. The van der Waals surface area contributed by atoms with Crippen LogP contribution in [0, 0.1) is 5.92 Å². The van der Waals surface area contributed by atoms with Gasteiger partial charge in [0.15, 0.2) is 5.65 Å². The van der Waals surface area contributed by atoms with E-state index in [1.165, 1.54) is 21.8 Å². The highest BCUT2D eigenvalue weighted by Crippen LogP contribution is 2.33. The molecule has 1 saturated heterocycles. The van der Waals surface area contributed by atoms with Crippen molar-refractivity contribution >= 4 is 28.7 Å². The van der Waals surface area contributed by atoms with Gasteiger partial charge in [0.25, 0.3) is 5.56 Å². The molecule has 3 heterocycles. The molecule has 4 N–H and O–H groups in total. The van der Waals surface area contributed by atoms with Gasteiger partial charge >= 0.3 is 6.03 Å². The number of aliphatic hydroxyl groups is 1. The van der Waals surface area contributed by atoms with Crippen molar-refractivity contribution in [3.63, 3.8) is 0 Å². The minimum Gasteiger partial charge on any atom is -0.388 e. The molecule has 5 rings (SSSR count). The normalized spacial score (nSPS) is 17.8. The first-order chi connectivity index (χ1) is 15.8. The van der Waals surface area contributed by atoms with Crippen molar-refractivity contribution < 1.29 is 14.7 Å². The fourth-order valence-corrected chi connectivity index (χ4v) is 4.29. The van der Waals surface area contributed by atoms with Gasteiger partial charge in [-0.25, -0.2) is 14.5 Å². The first kappa shape index (κ1) is 21.1. The van der Waals surface area contributed by atoms with Gasteiger partial charge in [-0.05, 0) is 49.9 Å². The number of aromatic nitrogens is 4. The SMILES string of the molecule is NC(=O)Nc1ccc(-n2ncc3c(=O)n(CC4(O)CCN(C(=O)C5CC5)CC4)cnc32)cc1. The first-order valence-electron chi connectivity index (χ1n) is 10.9. The second kappa shape index (κ2) is 8.00. The molecule has 172 valence electrons. The zero-order valence-corrected chi connectivity index (χ0v) is 18.0. The van der Waals surface area contributed by atoms with Crippen molar-refractivity contribution in [3.05, 3.63) is 47.1 Å². The highest BCUT2D eigenvalue weighted by atomic mass is 16.3. The number of amides is 3. The number of fused-ring (bicyclic) bond motifs is 1. The summed E-state index contributed by atoms with van der Waals surface area (Å²) < 4.78 is 2.94. The summed E-state index contributed by atoms with van der Waals surface area (Å²) in [5.74, 6) is 0.348. The number of nitrogens with one attached hydrogen (secondary N) is 1. The molecule has 0 unspecified atom stereocenters. The van der Waals surface area contributed by atoms with Crippen LogP contribution in [0.25, 0.3) is 16.7 Å². The average Bonchev–Trinajstić information content (AvgIpc) is 3.55. The zero-order valence-electron chi connectivity index (χ0n) is 18.0. The van der Waals surface area contributed by atoms with Gasteiger partial charge in [-0.1, -0.05) is 0 Å². The number of anilines is 1. The number of likely N-dealkylation sites (tertiary alicyclic amines) is 1. The first-order valence-corrected chi connectivity index (χ1v) is 10.9. The summed E-state index contributed by atoms with van der Waals surface area (Å²) in [6, 6.07) is 6.14. The van der Waals surface area contributed by atoms with E-state index in [9.17, 15) is 19.5 Å². The third-order valence-corrected chi connectivity index (χ3v) is 6.33. The van der Waals surface area contributed by atoms with E-state index in [2.05, 4.69) is 15.4 Å². The number of nitrogens with two attached hydrogens (primary N) is 1. The summed E-state index contributed by atoms with van der Waals surface area (Å²) >= 11 is 0. The summed E-state index contributed by atoms with van der Waals surface area (Å²) in [4.78, 5) is 42.5. The van der Waals surface area contributed by atoms with E-state index in [0.29, 0.717) is 48.3 Å². The van der Waals surface area contributed by atoms with Crippen molar-refractivity contribution in [2.45, 2.75) is 37.8 Å². The van der Waals surface area contributed by atoms with Gasteiger partial charge in [0.1, 0.15) is 11.7 Å². The second-order valence-corrected chi connectivity index (χ2v) is 8.83. The van der Waals surface area contributed by atoms with Crippen LogP contribution in [0.1, 0.15) is 25.7 Å². The smallest absolute Gasteiger partial charge is 0.316 e. The Morgan fingerprint density at radius 1 is 1.18 bits per heavy atom. The van der Waals surface area contributed by atoms with Crippen LogP contribution in [0.15, 0.2) is 41.6 Å². The van der Waals surface area contributed by atoms with Gasteiger partial charge in [-0.2, -0.15) is 5.10 Å². The van der Waals surface area contributed by atoms with Crippen molar-refractivity contribution in [1.82, 2.24) is 24.2 Å². The summed E-state index contributed by atoms with van der Waals surface area (Å²) in [6.07, 6.45) is 5.64. The molecule has 0 atom stereocenters. The predicted molar refractivity (Wildman–Crippen MR) is 120 cm³/mol. The van der Waals surface area contributed by atoms with Crippen molar-refractivity contribution in [3.8, 4) is 5.69 Å². The van der Waals surface area contributed by atoms with Crippen LogP contribution < -0.4 is 16.6 Å². The maximum absolute atomic E-state index is 13.1. The number of rotatable bonds is 5. The van der Waals surface area contributed by atoms with Crippen LogP contribution >= 0.6 is 0 Å². The lowest BCUT2D eigenvalue weighted by molar-refractivity contribution is -0.137. The average molecular weight is 451 g/mol. The van der Waals surface area contributed by atoms with Gasteiger partial charge in [0, 0.05) is 24.7 Å². The number of hydrogen-bond donors (Lipinski definition) is 3. The number of primary amides is 1. The maximum atomic E-state index is 13.1. The number of urea groups is 1. The molecule has 0 bridgehead atoms. The Balaban J connectivity index is 1.34. The fraction of sp³-hybridized carbons (Fsp3) is 0.409. The molecule has 1 aromatic carbocycles. The van der Waals surface area contributed by atoms with Crippen LogP contribution in [-0.4, -0.2) is 60.0 Å². The van der Waals surface area contributed by atoms with Gasteiger partial charge in [0.2, 0.25) is 5.91 Å². The molecule has 1 aliphatic carbocycles. The Morgan fingerprint density at radius 3 is 2.52 bits per heavy atom. The number of carbonyl (C=O) groups excluding carboxylic acids is 2. The quantitative estimate of drug-likeness (QED) is 0.523. The molecule has 2 aliphatic rings. The molecule has 33 heavy (non-hydrogen) atoms. The predicted octanol–water partition coefficient (Wildman–Crippen LogP) is 0.836. The Kier molecular flexibility index (Phi) is 5.12. The molecule has 11 heteroatoms. The lowest BCUT2D eigenvalue weighted by atomic mass is 9.91. The van der Waals surface area contributed by atoms with Crippen LogP contribution in [0.4, 0.5) is 10.5 Å². The number of carbonyl (C=O) groups is 2. The third kappa shape index (κ3) is 4.19. The number of piperidine rings is 1. The van der Waals surface area contributed by atoms with Gasteiger partial charge in [-0.3, -0.25) is 14.2 Å². The van der Waals surface area contributed by atoms with E-state index >= 15 is 0 Å². The molecular weight excluding hydrogens is 426 g/mol. The third-order valence-electron chi connectivity index (χ3n) is 6.33. The van der Waals surface area contributed by atoms with E-state index in [-0.39, 0.29) is 23.9 Å². The topological polar surface area (TPSA) is 148 Å². The molecular formula is C22H25N7O4. The van der Waals surface area contributed by atoms with E-state index in [4.69, 9.17) is 5.73 Å². The van der Waals surface area contributed by atoms with Crippen LogP contribution in [0.3, 0.4) is 0 Å². The lowest BCUT2D eigenvalue weighted by Crippen LogP contribution is -2.50. The fourth-order valence-electron chi connectivity index (χ4n) is 4.29. The number of benzene rings is 1. The number of hydrogen-bond acceptors (Lipinski definition) is 6. The van der Waals surface area contributed by atoms with Crippen LogP contribution in [-0.2, 0) is 11.3 Å². The highest BCUT2D eigenvalue weighted by molar-refractivity contribution is 5.88. The van der Waals surface area contributed by atoms with E-state index in [1.54, 1.807) is 24.3 Å². The summed E-state index contributed by atoms with van der Waals surface area (Å²) in [5, 5.41) is 18.2. The molecule has 1 aliphatic heterocycles. The van der Waals surface area contributed by atoms with Crippen LogP contribution in [0.2, 0.25) is 0 Å². The standard InChI is InChI=1S/C22H25N7O4/c23-21(32)26-15-3-5-16(6-4-15)29-18-17(11-25-29)20(31)28(13-24-18)12-22(33)7-9-27(10-8-22)19(30)14-1-2-14/h3-6,11,13-14,33H,1-2,7-10,12H2,(H3,23,26,32). The molecule has 3 aromatic rings. The van der Waals surface area contributed by atoms with Gasteiger partial charge in [-0.15, -0.1) is 0 Å². The lowest BCUT2D eigenvalue weighted by Gasteiger charge is -2.38. The molecule has 2 fully saturated rings. The molecule has 0 spiro atoms. The van der Waals surface area contributed by atoms with Crippen molar-refractivity contribution in [2.24, 2.45) is 11.7 Å². The Hall–Kier alpha value is -3.73. The Bertz CT molecular complexity index is 1270. The number of nitrogens with zero attached hydrogens (tertiary/aromatic N) is 5. The minimum absolute atomic E-state index is 0.110. The molecule has 11 nitrogen and oxygen atoms in total. The summed E-state index contributed by atoms with van der Waals surface area (Å²) in [7, 11) is 0. The minimum atomic E-state index is -1.07. The molecule has 1 saturated carbocycles. The zero-order chi connectivity index (χ0) is 23.2.